The molecule has 0 aliphatic carbocycles. The summed E-state index contributed by atoms with van der Waals surface area (Å²) in [6.45, 7) is 2.05. The molecule has 0 aromatic carbocycles. The molecule has 1 N–H and O–H groups in total. The minimum absolute atomic E-state index is 0.0186. The molecule has 0 fully saturated rings. The minimum atomic E-state index is -0.426. The van der Waals surface area contributed by atoms with Crippen LogP contribution in [0.4, 0.5) is 5.69 Å². The van der Waals surface area contributed by atoms with Gasteiger partial charge in [-0.1, -0.05) is 19.4 Å². The molecule has 0 unspecified atom stereocenters. The number of aliphatic hydroxyl groups is 1. The SMILES string of the molecule is CCCC(=CCCO)c1c([N+](=O)[O-])cnn1C. The van der Waals surface area contributed by atoms with Gasteiger partial charge in [0.2, 0.25) is 0 Å². The first-order valence-corrected chi connectivity index (χ1v) is 5.58. The van der Waals surface area contributed by atoms with Gasteiger partial charge in [0.15, 0.2) is 0 Å². The third kappa shape index (κ3) is 3.13. The van der Waals surface area contributed by atoms with Crippen LogP contribution in [0.15, 0.2) is 12.3 Å². The third-order valence-corrected chi connectivity index (χ3v) is 2.46. The lowest BCUT2D eigenvalue weighted by atomic mass is 10.0. The Balaban J connectivity index is 3.17. The van der Waals surface area contributed by atoms with Crippen LogP contribution in [0.1, 0.15) is 31.9 Å². The van der Waals surface area contributed by atoms with E-state index >= 15 is 0 Å². The van der Waals surface area contributed by atoms with Crippen molar-refractivity contribution in [3.63, 3.8) is 0 Å². The van der Waals surface area contributed by atoms with Gasteiger partial charge in [0.05, 0.1) is 4.92 Å². The highest BCUT2D eigenvalue weighted by molar-refractivity contribution is 5.69. The van der Waals surface area contributed by atoms with Gasteiger partial charge in [-0.15, -0.1) is 0 Å². The first-order chi connectivity index (χ1) is 8.11. The molecule has 0 amide bonds. The van der Waals surface area contributed by atoms with E-state index in [0.717, 1.165) is 18.4 Å². The topological polar surface area (TPSA) is 81.2 Å². The average Bonchev–Trinajstić information content (AvgIpc) is 2.66. The van der Waals surface area contributed by atoms with E-state index in [0.29, 0.717) is 12.1 Å². The summed E-state index contributed by atoms with van der Waals surface area (Å²) in [7, 11) is 1.69. The van der Waals surface area contributed by atoms with Crippen LogP contribution in [0.2, 0.25) is 0 Å². The molecule has 0 radical (unpaired) electrons. The van der Waals surface area contributed by atoms with Crippen molar-refractivity contribution in [3.05, 3.63) is 28.1 Å². The largest absolute Gasteiger partial charge is 0.396 e. The molecule has 0 saturated heterocycles. The van der Waals surface area contributed by atoms with Crippen molar-refractivity contribution in [2.75, 3.05) is 6.61 Å². The van der Waals surface area contributed by atoms with Crippen molar-refractivity contribution < 1.29 is 10.0 Å². The average molecular weight is 239 g/mol. The van der Waals surface area contributed by atoms with E-state index < -0.39 is 4.92 Å². The highest BCUT2D eigenvalue weighted by Gasteiger charge is 2.21. The summed E-state index contributed by atoms with van der Waals surface area (Å²) in [6.07, 6.45) is 5.23. The summed E-state index contributed by atoms with van der Waals surface area (Å²) in [4.78, 5) is 10.5. The van der Waals surface area contributed by atoms with Crippen LogP contribution in [0.3, 0.4) is 0 Å². The van der Waals surface area contributed by atoms with E-state index in [2.05, 4.69) is 5.10 Å². The van der Waals surface area contributed by atoms with Crippen molar-refractivity contribution >= 4 is 11.3 Å². The van der Waals surface area contributed by atoms with E-state index in [1.165, 1.54) is 10.9 Å². The van der Waals surface area contributed by atoms with E-state index in [4.69, 9.17) is 5.11 Å². The van der Waals surface area contributed by atoms with Crippen LogP contribution >= 0.6 is 0 Å². The standard InChI is InChI=1S/C11H17N3O3/c1-3-5-9(6-4-7-15)11-10(14(16)17)8-12-13(11)2/h6,8,15H,3-5,7H2,1-2H3. The summed E-state index contributed by atoms with van der Waals surface area (Å²) in [5, 5.41) is 23.6. The number of hydrogen-bond acceptors (Lipinski definition) is 4. The van der Waals surface area contributed by atoms with Gasteiger partial charge in [-0.25, -0.2) is 0 Å². The Morgan fingerprint density at radius 1 is 1.71 bits per heavy atom. The van der Waals surface area contributed by atoms with Crippen molar-refractivity contribution in [3.8, 4) is 0 Å². The molecule has 0 spiro atoms. The molecule has 1 heterocycles. The summed E-state index contributed by atoms with van der Waals surface area (Å²) < 4.78 is 1.51. The minimum Gasteiger partial charge on any atom is -0.396 e. The number of aromatic nitrogens is 2. The Labute approximate surface area is 99.7 Å². The molecule has 17 heavy (non-hydrogen) atoms. The number of aliphatic hydroxyl groups excluding tert-OH is 1. The van der Waals surface area contributed by atoms with Crippen LogP contribution in [0, 0.1) is 10.1 Å². The summed E-state index contributed by atoms with van der Waals surface area (Å²) in [6, 6.07) is 0. The van der Waals surface area contributed by atoms with Crippen molar-refractivity contribution in [1.82, 2.24) is 9.78 Å². The van der Waals surface area contributed by atoms with Crippen molar-refractivity contribution in [2.45, 2.75) is 26.2 Å². The van der Waals surface area contributed by atoms with Crippen LogP contribution < -0.4 is 0 Å². The fourth-order valence-corrected chi connectivity index (χ4v) is 1.76. The highest BCUT2D eigenvalue weighted by Crippen LogP contribution is 2.28. The Kier molecular flexibility index (Phi) is 4.84. The number of nitrogens with zero attached hydrogens (tertiary/aromatic N) is 3. The van der Waals surface area contributed by atoms with Crippen LogP contribution in [0.25, 0.3) is 5.57 Å². The maximum Gasteiger partial charge on any atom is 0.314 e. The summed E-state index contributed by atoms with van der Waals surface area (Å²) >= 11 is 0. The summed E-state index contributed by atoms with van der Waals surface area (Å²) in [5.41, 5.74) is 1.42. The van der Waals surface area contributed by atoms with Gasteiger partial charge in [0, 0.05) is 13.7 Å². The maximum atomic E-state index is 10.9. The third-order valence-electron chi connectivity index (χ3n) is 2.46. The number of allylic oxidation sites excluding steroid dienone is 1. The van der Waals surface area contributed by atoms with Crippen LogP contribution in [-0.4, -0.2) is 26.4 Å². The Morgan fingerprint density at radius 2 is 2.41 bits per heavy atom. The predicted octanol–water partition coefficient (Wildman–Crippen LogP) is 1.89. The predicted molar refractivity (Wildman–Crippen MR) is 64.5 cm³/mol. The maximum absolute atomic E-state index is 10.9. The number of nitro groups is 1. The first-order valence-electron chi connectivity index (χ1n) is 5.58. The molecule has 0 bridgehead atoms. The zero-order valence-electron chi connectivity index (χ0n) is 10.1. The molecule has 6 nitrogen and oxygen atoms in total. The lowest BCUT2D eigenvalue weighted by molar-refractivity contribution is -0.385. The second-order valence-electron chi connectivity index (χ2n) is 3.75. The molecule has 1 rings (SSSR count). The monoisotopic (exact) mass is 239 g/mol. The molecule has 0 aliphatic rings. The van der Waals surface area contributed by atoms with E-state index in [1.54, 1.807) is 7.05 Å². The zero-order valence-corrected chi connectivity index (χ0v) is 10.1. The first kappa shape index (κ1) is 13.4. The van der Waals surface area contributed by atoms with Gasteiger partial charge in [0.25, 0.3) is 0 Å². The molecule has 0 saturated carbocycles. The molecule has 1 aromatic heterocycles. The molecule has 94 valence electrons. The number of hydrogen-bond donors (Lipinski definition) is 1. The summed E-state index contributed by atoms with van der Waals surface area (Å²) in [5.74, 6) is 0. The van der Waals surface area contributed by atoms with Crippen molar-refractivity contribution in [2.24, 2.45) is 7.05 Å². The van der Waals surface area contributed by atoms with Crippen LogP contribution in [-0.2, 0) is 7.05 Å². The molecular weight excluding hydrogens is 222 g/mol. The fraction of sp³-hybridized carbons (Fsp3) is 0.545. The zero-order chi connectivity index (χ0) is 12.8. The van der Waals surface area contributed by atoms with Gasteiger partial charge in [0.1, 0.15) is 11.9 Å². The van der Waals surface area contributed by atoms with E-state index in [1.807, 2.05) is 13.0 Å². The van der Waals surface area contributed by atoms with Gasteiger partial charge in [-0.3, -0.25) is 14.8 Å². The molecule has 6 heteroatoms. The lowest BCUT2D eigenvalue weighted by Crippen LogP contribution is -2.01. The highest BCUT2D eigenvalue weighted by atomic mass is 16.6. The lowest BCUT2D eigenvalue weighted by Gasteiger charge is -2.06. The quantitative estimate of drug-likeness (QED) is 0.607. The molecular formula is C11H17N3O3. The van der Waals surface area contributed by atoms with E-state index in [9.17, 15) is 10.1 Å². The molecule has 0 aliphatic heterocycles. The second-order valence-corrected chi connectivity index (χ2v) is 3.75. The molecule has 1 aromatic rings. The van der Waals surface area contributed by atoms with Gasteiger partial charge in [-0.2, -0.15) is 5.10 Å². The van der Waals surface area contributed by atoms with Crippen LogP contribution in [0.5, 0.6) is 0 Å². The number of aryl methyl sites for hydroxylation is 1. The Hall–Kier alpha value is -1.69. The second kappa shape index (κ2) is 6.15. The number of rotatable bonds is 6. The Morgan fingerprint density at radius 3 is 2.94 bits per heavy atom. The smallest absolute Gasteiger partial charge is 0.314 e. The van der Waals surface area contributed by atoms with Crippen molar-refractivity contribution in [1.29, 1.82) is 0 Å². The Bertz CT molecular complexity index is 424. The fourth-order valence-electron chi connectivity index (χ4n) is 1.76. The molecule has 0 atom stereocenters. The van der Waals surface area contributed by atoms with E-state index in [-0.39, 0.29) is 12.3 Å². The van der Waals surface area contributed by atoms with Gasteiger partial charge in [-0.05, 0) is 18.4 Å². The van der Waals surface area contributed by atoms with Gasteiger partial charge >= 0.3 is 5.69 Å². The normalized spacial score (nSPS) is 11.8. The van der Waals surface area contributed by atoms with Gasteiger partial charge < -0.3 is 5.11 Å².